The van der Waals surface area contributed by atoms with Gasteiger partial charge in [0.1, 0.15) is 18.4 Å². The van der Waals surface area contributed by atoms with E-state index >= 15 is 0 Å². The molecule has 4 heteroatoms. The number of nitrogens with one attached hydrogen (secondary N) is 1. The zero-order valence-electron chi connectivity index (χ0n) is 13.0. The summed E-state index contributed by atoms with van der Waals surface area (Å²) in [5.41, 5.74) is 2.37. The second-order valence-corrected chi connectivity index (χ2v) is 5.37. The van der Waals surface area contributed by atoms with Gasteiger partial charge in [-0.25, -0.2) is 0 Å². The van der Waals surface area contributed by atoms with Crippen molar-refractivity contribution in [3.8, 4) is 5.75 Å². The van der Waals surface area contributed by atoms with Crippen LogP contribution in [0.25, 0.3) is 0 Å². The molecule has 0 radical (unpaired) electrons. The summed E-state index contributed by atoms with van der Waals surface area (Å²) in [4.78, 5) is 11.6. The first kappa shape index (κ1) is 16.5. The van der Waals surface area contributed by atoms with Crippen LogP contribution in [-0.2, 0) is 9.53 Å². The van der Waals surface area contributed by atoms with E-state index in [1.807, 2.05) is 39.8 Å². The Hall–Kier alpha value is -1.55. The van der Waals surface area contributed by atoms with Gasteiger partial charge < -0.3 is 14.8 Å². The van der Waals surface area contributed by atoms with E-state index in [0.29, 0.717) is 13.2 Å². The maximum atomic E-state index is 11.6. The first-order valence-corrected chi connectivity index (χ1v) is 6.96. The van der Waals surface area contributed by atoms with Gasteiger partial charge in [-0.3, -0.25) is 4.79 Å². The topological polar surface area (TPSA) is 47.6 Å². The lowest BCUT2D eigenvalue weighted by Gasteiger charge is -2.19. The van der Waals surface area contributed by atoms with E-state index < -0.39 is 0 Å². The van der Waals surface area contributed by atoms with E-state index in [9.17, 15) is 4.79 Å². The van der Waals surface area contributed by atoms with Crippen molar-refractivity contribution in [2.45, 2.75) is 33.7 Å². The summed E-state index contributed by atoms with van der Waals surface area (Å²) in [5, 5.41) is 3.17. The van der Waals surface area contributed by atoms with Crippen LogP contribution >= 0.6 is 0 Å². The fourth-order valence-electron chi connectivity index (χ4n) is 2.12. The molecule has 0 saturated heterocycles. The van der Waals surface area contributed by atoms with Crippen LogP contribution in [0.5, 0.6) is 5.75 Å². The Morgan fingerprint density at radius 2 is 1.80 bits per heavy atom. The van der Waals surface area contributed by atoms with E-state index in [2.05, 4.69) is 11.4 Å². The molecule has 0 bridgehead atoms. The van der Waals surface area contributed by atoms with Crippen molar-refractivity contribution in [2.75, 3.05) is 20.3 Å². The van der Waals surface area contributed by atoms with Gasteiger partial charge in [0, 0.05) is 6.54 Å². The summed E-state index contributed by atoms with van der Waals surface area (Å²) in [7, 11) is 1.41. The van der Waals surface area contributed by atoms with E-state index in [4.69, 9.17) is 9.47 Å². The highest BCUT2D eigenvalue weighted by molar-refractivity contribution is 5.75. The molecule has 0 saturated carbocycles. The van der Waals surface area contributed by atoms with Gasteiger partial charge in [-0.15, -0.1) is 0 Å². The smallest absolute Gasteiger partial charge is 0.323 e. The second kappa shape index (κ2) is 7.90. The quantitative estimate of drug-likeness (QED) is 0.615. The normalized spacial score (nSPS) is 12.3. The molecule has 4 nitrogen and oxygen atoms in total. The van der Waals surface area contributed by atoms with Crippen LogP contribution in [0.1, 0.15) is 25.0 Å². The third-order valence-corrected chi connectivity index (χ3v) is 3.05. The molecule has 20 heavy (non-hydrogen) atoms. The highest BCUT2D eigenvalue weighted by Gasteiger charge is 2.21. The molecule has 0 aliphatic rings. The lowest BCUT2D eigenvalue weighted by molar-refractivity contribution is -0.144. The van der Waals surface area contributed by atoms with Crippen LogP contribution in [0, 0.1) is 19.8 Å². The van der Waals surface area contributed by atoms with Gasteiger partial charge in [0.15, 0.2) is 0 Å². The highest BCUT2D eigenvalue weighted by Crippen LogP contribution is 2.15. The Morgan fingerprint density at radius 3 is 2.30 bits per heavy atom. The predicted octanol–water partition coefficient (Wildman–Crippen LogP) is 2.47. The van der Waals surface area contributed by atoms with Crippen molar-refractivity contribution < 1.29 is 14.3 Å². The molecular formula is C16H25NO3. The summed E-state index contributed by atoms with van der Waals surface area (Å²) < 4.78 is 10.5. The molecule has 0 spiro atoms. The van der Waals surface area contributed by atoms with Crippen LogP contribution in [0.3, 0.4) is 0 Å². The van der Waals surface area contributed by atoms with Gasteiger partial charge in [-0.2, -0.15) is 0 Å². The SMILES string of the molecule is COC(=O)C(NCCOc1cc(C)cc(C)c1)C(C)C. The van der Waals surface area contributed by atoms with E-state index in [0.717, 1.165) is 5.75 Å². The van der Waals surface area contributed by atoms with Gasteiger partial charge >= 0.3 is 5.97 Å². The Labute approximate surface area is 121 Å². The third-order valence-electron chi connectivity index (χ3n) is 3.05. The Bertz CT molecular complexity index is 423. The van der Waals surface area contributed by atoms with Gasteiger partial charge in [0.25, 0.3) is 0 Å². The number of ether oxygens (including phenoxy) is 2. The molecular weight excluding hydrogens is 254 g/mol. The number of aryl methyl sites for hydroxylation is 2. The Morgan fingerprint density at radius 1 is 1.20 bits per heavy atom. The zero-order chi connectivity index (χ0) is 15.1. The number of hydrogen-bond acceptors (Lipinski definition) is 4. The third kappa shape index (κ3) is 5.21. The number of hydrogen-bond donors (Lipinski definition) is 1. The fourth-order valence-corrected chi connectivity index (χ4v) is 2.12. The molecule has 1 N–H and O–H groups in total. The Balaban J connectivity index is 2.42. The summed E-state index contributed by atoms with van der Waals surface area (Å²) in [5.74, 6) is 0.818. The molecule has 0 amide bonds. The average Bonchev–Trinajstić information content (AvgIpc) is 2.36. The number of rotatable bonds is 7. The van der Waals surface area contributed by atoms with E-state index in [1.165, 1.54) is 18.2 Å². The number of carbonyl (C=O) groups is 1. The molecule has 0 heterocycles. The number of esters is 1. The molecule has 0 aromatic heterocycles. The van der Waals surface area contributed by atoms with Crippen molar-refractivity contribution in [3.63, 3.8) is 0 Å². The van der Waals surface area contributed by atoms with Crippen molar-refractivity contribution in [1.82, 2.24) is 5.32 Å². The Kier molecular flexibility index (Phi) is 6.52. The highest BCUT2D eigenvalue weighted by atomic mass is 16.5. The minimum absolute atomic E-state index is 0.184. The first-order valence-electron chi connectivity index (χ1n) is 6.96. The molecule has 0 aliphatic carbocycles. The molecule has 1 rings (SSSR count). The van der Waals surface area contributed by atoms with Crippen molar-refractivity contribution >= 4 is 5.97 Å². The van der Waals surface area contributed by atoms with Crippen molar-refractivity contribution in [1.29, 1.82) is 0 Å². The van der Waals surface area contributed by atoms with Crippen LogP contribution in [0.4, 0.5) is 0 Å². The van der Waals surface area contributed by atoms with Gasteiger partial charge in [0.2, 0.25) is 0 Å². The number of methoxy groups -OCH3 is 1. The predicted molar refractivity (Wildman–Crippen MR) is 80.1 cm³/mol. The molecule has 1 atom stereocenters. The monoisotopic (exact) mass is 279 g/mol. The maximum absolute atomic E-state index is 11.6. The van der Waals surface area contributed by atoms with Crippen LogP contribution in [0.15, 0.2) is 18.2 Å². The second-order valence-electron chi connectivity index (χ2n) is 5.37. The minimum Gasteiger partial charge on any atom is -0.492 e. The summed E-state index contributed by atoms with van der Waals surface area (Å²) >= 11 is 0. The molecule has 1 aromatic carbocycles. The molecule has 0 fully saturated rings. The average molecular weight is 279 g/mol. The lowest BCUT2D eigenvalue weighted by atomic mass is 10.1. The summed E-state index contributed by atoms with van der Waals surface area (Å²) in [6.45, 7) is 9.18. The zero-order valence-corrected chi connectivity index (χ0v) is 13.0. The van der Waals surface area contributed by atoms with Gasteiger partial charge in [-0.1, -0.05) is 19.9 Å². The molecule has 0 aliphatic heterocycles. The summed E-state index contributed by atoms with van der Waals surface area (Å²) in [6.07, 6.45) is 0. The number of carbonyl (C=O) groups excluding carboxylic acids is 1. The number of benzene rings is 1. The summed E-state index contributed by atoms with van der Waals surface area (Å²) in [6, 6.07) is 5.83. The fraction of sp³-hybridized carbons (Fsp3) is 0.562. The standard InChI is InChI=1S/C16H25NO3/c1-11(2)15(16(18)19-5)17-6-7-20-14-9-12(3)8-13(4)10-14/h8-11,15,17H,6-7H2,1-5H3. The van der Waals surface area contributed by atoms with Crippen LogP contribution < -0.4 is 10.1 Å². The molecule has 1 aromatic rings. The van der Waals surface area contributed by atoms with Crippen LogP contribution in [-0.4, -0.2) is 32.3 Å². The van der Waals surface area contributed by atoms with E-state index in [-0.39, 0.29) is 17.9 Å². The van der Waals surface area contributed by atoms with Gasteiger partial charge in [0.05, 0.1) is 7.11 Å². The lowest BCUT2D eigenvalue weighted by Crippen LogP contribution is -2.43. The van der Waals surface area contributed by atoms with Crippen molar-refractivity contribution in [2.24, 2.45) is 5.92 Å². The molecule has 112 valence electrons. The van der Waals surface area contributed by atoms with Gasteiger partial charge in [-0.05, 0) is 43.0 Å². The first-order chi connectivity index (χ1) is 9.43. The van der Waals surface area contributed by atoms with Crippen LogP contribution in [0.2, 0.25) is 0 Å². The maximum Gasteiger partial charge on any atom is 0.323 e. The van der Waals surface area contributed by atoms with Crippen molar-refractivity contribution in [3.05, 3.63) is 29.3 Å². The van der Waals surface area contributed by atoms with E-state index in [1.54, 1.807) is 0 Å². The largest absolute Gasteiger partial charge is 0.492 e. The molecule has 1 unspecified atom stereocenters. The minimum atomic E-state index is -0.289.